The van der Waals surface area contributed by atoms with Gasteiger partial charge in [-0.1, -0.05) is 40.0 Å². The van der Waals surface area contributed by atoms with Crippen LogP contribution in [0.25, 0.3) is 0 Å². The molecule has 0 atom stereocenters. The molecule has 0 bridgehead atoms. The number of carbonyl (C=O) groups excluding carboxylic acids is 1. The van der Waals surface area contributed by atoms with Crippen molar-refractivity contribution in [3.8, 4) is 0 Å². The normalized spacial score (nSPS) is 7.44. The van der Waals surface area contributed by atoms with E-state index in [1.807, 2.05) is 6.92 Å². The van der Waals surface area contributed by atoms with Crippen LogP contribution >= 0.6 is 0 Å². The summed E-state index contributed by atoms with van der Waals surface area (Å²) < 4.78 is 0. The number of carbonyl (C=O) groups is 1. The Bertz CT molecular complexity index is 39.8. The van der Waals surface area contributed by atoms with Crippen molar-refractivity contribution < 1.29 is 4.79 Å². The van der Waals surface area contributed by atoms with E-state index in [1.54, 1.807) is 0 Å². The molecule has 1 nitrogen and oxygen atoms in total. The average molecular weight is 130 g/mol. The largest absolute Gasteiger partial charge is 0.303 e. The van der Waals surface area contributed by atoms with Crippen LogP contribution < -0.4 is 0 Å². The lowest BCUT2D eigenvalue weighted by molar-refractivity contribution is -0.107. The van der Waals surface area contributed by atoms with Gasteiger partial charge in [-0.3, -0.25) is 0 Å². The van der Waals surface area contributed by atoms with Crippen molar-refractivity contribution in [2.45, 2.75) is 46.5 Å². The van der Waals surface area contributed by atoms with Crippen molar-refractivity contribution in [1.29, 1.82) is 0 Å². The van der Waals surface area contributed by atoms with Gasteiger partial charge in [-0.2, -0.15) is 0 Å². The number of unbranched alkanes of at least 4 members (excludes halogenated alkanes) is 2. The van der Waals surface area contributed by atoms with Crippen molar-refractivity contribution in [3.05, 3.63) is 0 Å². The molecule has 0 amide bonds. The zero-order chi connectivity index (χ0) is 7.54. The summed E-state index contributed by atoms with van der Waals surface area (Å²) in [6, 6.07) is 0. The van der Waals surface area contributed by atoms with Gasteiger partial charge in [0.2, 0.25) is 0 Å². The zero-order valence-corrected chi connectivity index (χ0v) is 6.81. The van der Waals surface area contributed by atoms with Gasteiger partial charge in [0, 0.05) is 6.42 Å². The molecule has 0 aromatic carbocycles. The lowest BCUT2D eigenvalue weighted by Gasteiger charge is -1.79. The maximum absolute atomic E-state index is 9.17. The minimum Gasteiger partial charge on any atom is -0.303 e. The van der Waals surface area contributed by atoms with Gasteiger partial charge >= 0.3 is 0 Å². The molecule has 0 aliphatic rings. The first-order chi connectivity index (χ1) is 4.33. The summed E-state index contributed by atoms with van der Waals surface area (Å²) in [7, 11) is 0. The van der Waals surface area contributed by atoms with E-state index in [0.29, 0.717) is 6.42 Å². The van der Waals surface area contributed by atoms with E-state index < -0.39 is 0 Å². The lowest BCUT2D eigenvalue weighted by atomic mass is 10.3. The molecule has 1 heteroatoms. The van der Waals surface area contributed by atoms with E-state index in [9.17, 15) is 4.79 Å². The second-order valence-corrected chi connectivity index (χ2v) is 1.93. The third kappa shape index (κ3) is 34.6. The number of hydrogen-bond donors (Lipinski definition) is 0. The average Bonchev–Trinajstić information content (AvgIpc) is 1.91. The topological polar surface area (TPSA) is 17.1 Å². The Morgan fingerprint density at radius 1 is 1.11 bits per heavy atom. The first-order valence-corrected chi connectivity index (χ1v) is 3.77. The molecule has 0 unspecified atom stereocenters. The Morgan fingerprint density at radius 3 is 1.44 bits per heavy atom. The van der Waals surface area contributed by atoms with Gasteiger partial charge in [-0.05, 0) is 0 Å². The molecule has 0 radical (unpaired) electrons. The Morgan fingerprint density at radius 2 is 1.44 bits per heavy atom. The molecule has 0 fully saturated rings. The summed E-state index contributed by atoms with van der Waals surface area (Å²) >= 11 is 0. The minimum absolute atomic E-state index is 0.639. The number of aldehydes is 1. The minimum atomic E-state index is 0.639. The highest BCUT2D eigenvalue weighted by Crippen LogP contribution is 1.88. The van der Waals surface area contributed by atoms with Crippen LogP contribution in [0, 0.1) is 0 Å². The third-order valence-electron chi connectivity index (χ3n) is 0.874. The molecule has 0 aliphatic carbocycles. The molecule has 9 heavy (non-hydrogen) atoms. The van der Waals surface area contributed by atoms with E-state index in [0.717, 1.165) is 6.29 Å². The smallest absolute Gasteiger partial charge is 0.119 e. The molecular weight excluding hydrogens is 112 g/mol. The monoisotopic (exact) mass is 130 g/mol. The molecule has 0 saturated carbocycles. The highest BCUT2D eigenvalue weighted by atomic mass is 16.1. The molecule has 0 aromatic rings. The predicted molar refractivity (Wildman–Crippen MR) is 41.6 cm³/mol. The summed E-state index contributed by atoms with van der Waals surface area (Å²) in [5.74, 6) is 0. The molecule has 0 rings (SSSR count). The van der Waals surface area contributed by atoms with Gasteiger partial charge in [0.05, 0.1) is 0 Å². The zero-order valence-electron chi connectivity index (χ0n) is 6.81. The van der Waals surface area contributed by atoms with Crippen LogP contribution in [0.15, 0.2) is 0 Å². The van der Waals surface area contributed by atoms with Crippen LogP contribution in [0.1, 0.15) is 46.5 Å². The number of hydrogen-bond acceptors (Lipinski definition) is 1. The highest BCUT2D eigenvalue weighted by molar-refractivity contribution is 5.48. The van der Waals surface area contributed by atoms with Gasteiger partial charge in [-0.25, -0.2) is 0 Å². The maximum atomic E-state index is 9.17. The van der Waals surface area contributed by atoms with E-state index in [1.165, 1.54) is 19.3 Å². The van der Waals surface area contributed by atoms with Crippen molar-refractivity contribution in [3.63, 3.8) is 0 Å². The number of rotatable bonds is 3. The maximum Gasteiger partial charge on any atom is 0.119 e. The van der Waals surface area contributed by atoms with Crippen LogP contribution in [0.2, 0.25) is 0 Å². The van der Waals surface area contributed by atoms with Crippen LogP contribution in [0.5, 0.6) is 0 Å². The van der Waals surface area contributed by atoms with Crippen molar-refractivity contribution in [1.82, 2.24) is 0 Å². The SMILES string of the molecule is CCC=O.CCCCC. The Labute approximate surface area is 58.5 Å². The third-order valence-corrected chi connectivity index (χ3v) is 0.874. The second kappa shape index (κ2) is 15.6. The molecule has 56 valence electrons. The Kier molecular flexibility index (Phi) is 19.9. The van der Waals surface area contributed by atoms with E-state index in [4.69, 9.17) is 0 Å². The van der Waals surface area contributed by atoms with Crippen LogP contribution in [0.3, 0.4) is 0 Å². The summed E-state index contributed by atoms with van der Waals surface area (Å²) in [6.45, 7) is 6.24. The van der Waals surface area contributed by atoms with Crippen LogP contribution in [-0.2, 0) is 4.79 Å². The Hall–Kier alpha value is -0.330. The Balaban J connectivity index is 0. The van der Waals surface area contributed by atoms with Crippen LogP contribution in [-0.4, -0.2) is 6.29 Å². The van der Waals surface area contributed by atoms with Gasteiger partial charge in [0.15, 0.2) is 0 Å². The first-order valence-electron chi connectivity index (χ1n) is 3.77. The molecule has 0 aromatic heterocycles. The fourth-order valence-electron chi connectivity index (χ4n) is 0.354. The molecular formula is C8H18O. The first kappa shape index (κ1) is 11.5. The van der Waals surface area contributed by atoms with Crippen molar-refractivity contribution in [2.24, 2.45) is 0 Å². The van der Waals surface area contributed by atoms with Gasteiger partial charge in [0.1, 0.15) is 6.29 Å². The molecule has 0 aliphatic heterocycles. The molecule has 0 N–H and O–H groups in total. The van der Waals surface area contributed by atoms with E-state index in [2.05, 4.69) is 13.8 Å². The molecule has 0 saturated heterocycles. The van der Waals surface area contributed by atoms with Crippen molar-refractivity contribution in [2.75, 3.05) is 0 Å². The molecule has 0 spiro atoms. The van der Waals surface area contributed by atoms with Gasteiger partial charge in [-0.15, -0.1) is 0 Å². The van der Waals surface area contributed by atoms with Gasteiger partial charge in [0.25, 0.3) is 0 Å². The summed E-state index contributed by atoms with van der Waals surface area (Å²) in [5, 5.41) is 0. The van der Waals surface area contributed by atoms with E-state index >= 15 is 0 Å². The highest BCUT2D eigenvalue weighted by Gasteiger charge is 1.68. The van der Waals surface area contributed by atoms with E-state index in [-0.39, 0.29) is 0 Å². The summed E-state index contributed by atoms with van der Waals surface area (Å²) in [6.07, 6.45) is 5.59. The fourth-order valence-corrected chi connectivity index (χ4v) is 0.354. The summed E-state index contributed by atoms with van der Waals surface area (Å²) in [4.78, 5) is 9.17. The fraction of sp³-hybridized carbons (Fsp3) is 0.875. The predicted octanol–water partition coefficient (Wildman–Crippen LogP) is 2.79. The second-order valence-electron chi connectivity index (χ2n) is 1.93. The summed E-state index contributed by atoms with van der Waals surface area (Å²) in [5.41, 5.74) is 0. The quantitative estimate of drug-likeness (QED) is 0.537. The lowest BCUT2D eigenvalue weighted by Crippen LogP contribution is -1.59. The standard InChI is InChI=1S/C5H12.C3H6O/c1-3-5-4-2;1-2-3-4/h3-5H2,1-2H3;3H,2H2,1H3. The molecule has 0 heterocycles. The van der Waals surface area contributed by atoms with Crippen LogP contribution in [0.4, 0.5) is 0 Å². The van der Waals surface area contributed by atoms with Crippen molar-refractivity contribution >= 4 is 6.29 Å². The van der Waals surface area contributed by atoms with Gasteiger partial charge < -0.3 is 4.79 Å².